The Morgan fingerprint density at radius 2 is 1.02 bits per heavy atom. The molecule has 0 amide bonds. The lowest BCUT2D eigenvalue weighted by Crippen LogP contribution is -2.45. The molecular weight excluding hydrogens is 680 g/mol. The molecule has 0 bridgehead atoms. The molecule has 4 atom stereocenters. The highest BCUT2D eigenvalue weighted by atomic mass is 16.6. The number of carbonyl (C=O) groups is 2. The molecule has 0 saturated carbocycles. The third kappa shape index (κ3) is 11.4. The third-order valence-corrected chi connectivity index (χ3v) is 7.86. The molecule has 52 heavy (non-hydrogen) atoms. The summed E-state index contributed by atoms with van der Waals surface area (Å²) >= 11 is 0. The first-order valence-electron chi connectivity index (χ1n) is 16.1. The number of ether oxygens (including phenoxy) is 4. The Labute approximate surface area is 298 Å². The van der Waals surface area contributed by atoms with Gasteiger partial charge in [0.15, 0.2) is 23.0 Å². The second kappa shape index (κ2) is 18.7. The van der Waals surface area contributed by atoms with Crippen molar-refractivity contribution in [1.29, 1.82) is 0 Å². The van der Waals surface area contributed by atoms with E-state index < -0.39 is 11.9 Å². The Morgan fingerprint density at radius 3 is 1.37 bits per heavy atom. The van der Waals surface area contributed by atoms with Gasteiger partial charge in [-0.25, -0.2) is 9.59 Å². The van der Waals surface area contributed by atoms with Crippen LogP contribution in [-0.4, -0.2) is 69.5 Å². The maximum absolute atomic E-state index is 10.8. The first-order valence-corrected chi connectivity index (χ1v) is 16.1. The van der Waals surface area contributed by atoms with E-state index in [1.54, 1.807) is 24.3 Å². The monoisotopic (exact) mass is 718 g/mol. The number of carboxylic acids is 2. The number of nitrogens with one attached hydrogen (secondary N) is 2. The van der Waals surface area contributed by atoms with Crippen LogP contribution >= 0.6 is 0 Å². The van der Waals surface area contributed by atoms with E-state index in [0.717, 1.165) is 34.1 Å². The lowest BCUT2D eigenvalue weighted by Gasteiger charge is -2.31. The van der Waals surface area contributed by atoms with Crippen molar-refractivity contribution < 1.29 is 48.6 Å². The molecule has 4 aromatic carbocycles. The minimum Gasteiger partial charge on any atom is -0.486 e. The zero-order valence-electron chi connectivity index (χ0n) is 28.2. The van der Waals surface area contributed by atoms with E-state index >= 15 is 0 Å². The fraction of sp³-hybridized carbons (Fsp3) is 0.278. The SMILES string of the molecule is CC(NCc1cccc([N+](=O)[O-])c1)C1COc2ccccc2O1.CC(NCc1cccc([N+](=O)[O-])c1)C1COc2ccccc2O1.O=C(O)C(=O)O. The van der Waals surface area contributed by atoms with E-state index in [9.17, 15) is 20.2 Å². The van der Waals surface area contributed by atoms with Crippen molar-refractivity contribution >= 4 is 23.3 Å². The van der Waals surface area contributed by atoms with Gasteiger partial charge in [0.2, 0.25) is 0 Å². The van der Waals surface area contributed by atoms with Crippen LogP contribution in [-0.2, 0) is 22.7 Å². The lowest BCUT2D eigenvalue weighted by atomic mass is 10.1. The number of non-ortho nitro benzene ring substituents is 2. The summed E-state index contributed by atoms with van der Waals surface area (Å²) in [6.45, 7) is 6.04. The van der Waals surface area contributed by atoms with Crippen LogP contribution in [0.4, 0.5) is 11.4 Å². The number of nitrogens with zero attached hydrogens (tertiary/aromatic N) is 2. The van der Waals surface area contributed by atoms with Crippen LogP contribution in [0.2, 0.25) is 0 Å². The number of benzene rings is 4. The Bertz CT molecular complexity index is 1720. The van der Waals surface area contributed by atoms with Gasteiger partial charge in [-0.1, -0.05) is 48.5 Å². The highest BCUT2D eigenvalue weighted by molar-refractivity contribution is 6.27. The van der Waals surface area contributed by atoms with Gasteiger partial charge in [-0.2, -0.15) is 0 Å². The Balaban J connectivity index is 0.000000202. The van der Waals surface area contributed by atoms with Crippen LogP contribution in [0.1, 0.15) is 25.0 Å². The van der Waals surface area contributed by atoms with Crippen molar-refractivity contribution in [3.8, 4) is 23.0 Å². The minimum atomic E-state index is -1.82. The molecule has 0 aliphatic carbocycles. The van der Waals surface area contributed by atoms with Crippen molar-refractivity contribution in [2.75, 3.05) is 13.2 Å². The number of hydrogen-bond donors (Lipinski definition) is 4. The van der Waals surface area contributed by atoms with Crippen LogP contribution < -0.4 is 29.6 Å². The molecule has 16 heteroatoms. The van der Waals surface area contributed by atoms with Crippen molar-refractivity contribution in [2.24, 2.45) is 0 Å². The first kappa shape index (κ1) is 38.5. The van der Waals surface area contributed by atoms with Crippen molar-refractivity contribution in [1.82, 2.24) is 10.6 Å². The molecule has 0 spiro atoms. The maximum Gasteiger partial charge on any atom is 0.414 e. The smallest absolute Gasteiger partial charge is 0.414 e. The number of nitro groups is 2. The van der Waals surface area contributed by atoms with E-state index in [4.69, 9.17) is 38.7 Å². The normalized spacial score (nSPS) is 16.3. The fourth-order valence-electron chi connectivity index (χ4n) is 4.94. The molecule has 4 aromatic rings. The van der Waals surface area contributed by atoms with Gasteiger partial charge < -0.3 is 39.8 Å². The number of nitro benzene ring substituents is 2. The Hall–Kier alpha value is -6.26. The molecule has 4 unspecified atom stereocenters. The number of fused-ring (bicyclic) bond motifs is 2. The Morgan fingerprint density at radius 1 is 0.654 bits per heavy atom. The molecule has 0 aromatic heterocycles. The predicted octanol–water partition coefficient (Wildman–Crippen LogP) is 4.98. The minimum absolute atomic E-state index is 0.0441. The third-order valence-electron chi connectivity index (χ3n) is 7.86. The van der Waals surface area contributed by atoms with E-state index in [0.29, 0.717) is 26.3 Å². The maximum atomic E-state index is 10.8. The van der Waals surface area contributed by atoms with E-state index in [-0.39, 0.29) is 45.5 Å². The van der Waals surface area contributed by atoms with Gasteiger partial charge in [-0.05, 0) is 49.2 Å². The topological polar surface area (TPSA) is 222 Å². The van der Waals surface area contributed by atoms with Gasteiger partial charge in [0.25, 0.3) is 11.4 Å². The van der Waals surface area contributed by atoms with Gasteiger partial charge in [-0.15, -0.1) is 0 Å². The largest absolute Gasteiger partial charge is 0.486 e. The quantitative estimate of drug-likeness (QED) is 0.0965. The van der Waals surface area contributed by atoms with E-state index in [2.05, 4.69) is 10.6 Å². The number of carboxylic acid groups (broad SMARTS) is 2. The fourth-order valence-corrected chi connectivity index (χ4v) is 4.94. The molecule has 2 aliphatic rings. The first-order chi connectivity index (χ1) is 24.9. The molecule has 16 nitrogen and oxygen atoms in total. The van der Waals surface area contributed by atoms with E-state index in [1.165, 1.54) is 12.1 Å². The number of rotatable bonds is 10. The number of aliphatic carboxylic acids is 2. The van der Waals surface area contributed by atoms with Crippen LogP contribution in [0, 0.1) is 20.2 Å². The second-order valence-corrected chi connectivity index (χ2v) is 11.6. The highest BCUT2D eigenvalue weighted by Gasteiger charge is 2.27. The lowest BCUT2D eigenvalue weighted by molar-refractivity contribution is -0.385. The zero-order valence-corrected chi connectivity index (χ0v) is 28.2. The van der Waals surface area contributed by atoms with Gasteiger partial charge >= 0.3 is 11.9 Å². The predicted molar refractivity (Wildman–Crippen MR) is 187 cm³/mol. The summed E-state index contributed by atoms with van der Waals surface area (Å²) in [6.07, 6.45) is -0.216. The number of para-hydroxylation sites is 4. The van der Waals surface area contributed by atoms with Crippen LogP contribution in [0.3, 0.4) is 0 Å². The van der Waals surface area contributed by atoms with Crippen LogP contribution in [0.15, 0.2) is 97.1 Å². The average Bonchev–Trinajstić information content (AvgIpc) is 3.16. The van der Waals surface area contributed by atoms with Gasteiger partial charge in [0, 0.05) is 49.4 Å². The standard InChI is InChI=1S/2C17H18N2O4.C2H2O4/c2*1-12(17-11-22-15-7-2-3-8-16(15)23-17)18-10-13-5-4-6-14(9-13)19(20)21;3-1(4)2(5)6/h2*2-9,12,17-18H,10-11H2,1H3;(H,3,4)(H,5,6). The summed E-state index contributed by atoms with van der Waals surface area (Å²) < 4.78 is 23.3. The molecule has 2 heterocycles. The Kier molecular flexibility index (Phi) is 13.8. The van der Waals surface area contributed by atoms with Gasteiger partial charge in [0.1, 0.15) is 25.4 Å². The molecule has 0 fully saturated rings. The average molecular weight is 719 g/mol. The van der Waals surface area contributed by atoms with Crippen molar-refractivity contribution in [2.45, 2.75) is 51.2 Å². The summed E-state index contributed by atoms with van der Waals surface area (Å²) in [5.74, 6) is -0.644. The summed E-state index contributed by atoms with van der Waals surface area (Å²) in [5, 5.41) is 43.1. The molecule has 4 N–H and O–H groups in total. The summed E-state index contributed by atoms with van der Waals surface area (Å²) in [5.41, 5.74) is 1.93. The second-order valence-electron chi connectivity index (χ2n) is 11.6. The van der Waals surface area contributed by atoms with Crippen molar-refractivity contribution in [3.05, 3.63) is 128 Å². The van der Waals surface area contributed by atoms with Crippen LogP contribution in [0.5, 0.6) is 23.0 Å². The molecule has 2 aliphatic heterocycles. The van der Waals surface area contributed by atoms with Crippen molar-refractivity contribution in [3.63, 3.8) is 0 Å². The highest BCUT2D eigenvalue weighted by Crippen LogP contribution is 2.32. The molecule has 0 radical (unpaired) electrons. The van der Waals surface area contributed by atoms with Crippen LogP contribution in [0.25, 0.3) is 0 Å². The number of hydrogen-bond acceptors (Lipinski definition) is 12. The molecule has 6 rings (SSSR count). The molecular formula is C36H38N4O12. The summed E-state index contributed by atoms with van der Waals surface area (Å²) in [4.78, 5) is 39.0. The van der Waals surface area contributed by atoms with Gasteiger partial charge in [0.05, 0.1) is 9.85 Å². The summed E-state index contributed by atoms with van der Waals surface area (Å²) in [7, 11) is 0. The molecule has 0 saturated heterocycles. The van der Waals surface area contributed by atoms with E-state index in [1.807, 2.05) is 74.5 Å². The zero-order chi connectivity index (χ0) is 37.6. The molecule has 274 valence electrons. The summed E-state index contributed by atoms with van der Waals surface area (Å²) in [6, 6.07) is 28.5. The van der Waals surface area contributed by atoms with Gasteiger partial charge in [-0.3, -0.25) is 20.2 Å².